The zero-order valence-electron chi connectivity index (χ0n) is 11.3. The van der Waals surface area contributed by atoms with E-state index in [2.05, 4.69) is 20.8 Å². The van der Waals surface area contributed by atoms with Gasteiger partial charge in [0.25, 0.3) is 0 Å². The Kier molecular flexibility index (Phi) is 6.23. The van der Waals surface area contributed by atoms with Crippen molar-refractivity contribution in [3.8, 4) is 0 Å². The summed E-state index contributed by atoms with van der Waals surface area (Å²) >= 11 is 0. The largest absolute Gasteiger partial charge is 0.388 e. The monoisotopic (exact) mass is 236 g/mol. The Morgan fingerprint density at radius 2 is 1.65 bits per heavy atom. The molecule has 0 aliphatic heterocycles. The maximum atomic E-state index is 10.4. The first-order valence-electron chi connectivity index (χ1n) is 6.79. The first-order valence-corrected chi connectivity index (χ1v) is 6.79. The van der Waals surface area contributed by atoms with Crippen LogP contribution in [0.3, 0.4) is 0 Å². The molecule has 0 saturated heterocycles. The molecule has 0 bridgehead atoms. The molecule has 1 rings (SSSR count). The molecule has 0 aliphatic rings. The number of hydrogen-bond donors (Lipinski definition) is 2. The molecule has 2 heteroatoms. The predicted molar refractivity (Wildman–Crippen MR) is 72.1 cm³/mol. The van der Waals surface area contributed by atoms with E-state index in [9.17, 15) is 5.11 Å². The van der Waals surface area contributed by atoms with Crippen molar-refractivity contribution in [3.63, 3.8) is 0 Å². The first-order chi connectivity index (χ1) is 8.22. The Morgan fingerprint density at radius 1 is 1.06 bits per heavy atom. The Hall–Kier alpha value is -0.860. The minimum Gasteiger partial charge on any atom is -0.388 e. The second kappa shape index (κ2) is 7.46. The summed E-state index contributed by atoms with van der Waals surface area (Å²) in [5.74, 6) is 0.354. The first kappa shape index (κ1) is 14.2. The standard InChI is InChI=1S/C15H25NO/c1-4-13(12-16(5-2)6-3)15(17)14-10-8-7-9-11-14/h7-11,13,15,17H,4-6,12H2,1-3H3/p+1/t13-,15-/m1/s1. The van der Waals surface area contributed by atoms with E-state index in [0.29, 0.717) is 5.92 Å². The van der Waals surface area contributed by atoms with Crippen molar-refractivity contribution in [3.05, 3.63) is 35.9 Å². The van der Waals surface area contributed by atoms with Gasteiger partial charge in [0.15, 0.2) is 0 Å². The van der Waals surface area contributed by atoms with Crippen LogP contribution in [-0.4, -0.2) is 24.7 Å². The zero-order chi connectivity index (χ0) is 12.7. The summed E-state index contributed by atoms with van der Waals surface area (Å²) in [6.07, 6.45) is 0.703. The number of nitrogens with one attached hydrogen (secondary N) is 1. The van der Waals surface area contributed by atoms with Crippen LogP contribution in [0.2, 0.25) is 0 Å². The minimum absolute atomic E-state index is 0.325. The second-order valence-corrected chi connectivity index (χ2v) is 4.69. The second-order valence-electron chi connectivity index (χ2n) is 4.69. The highest BCUT2D eigenvalue weighted by Crippen LogP contribution is 2.23. The molecule has 0 unspecified atom stereocenters. The van der Waals surface area contributed by atoms with Crippen molar-refractivity contribution in [1.82, 2.24) is 0 Å². The van der Waals surface area contributed by atoms with Gasteiger partial charge >= 0.3 is 0 Å². The Bertz CT molecular complexity index is 295. The van der Waals surface area contributed by atoms with Crippen LogP contribution in [0.5, 0.6) is 0 Å². The highest BCUT2D eigenvalue weighted by molar-refractivity contribution is 5.17. The molecule has 96 valence electrons. The summed E-state index contributed by atoms with van der Waals surface area (Å²) in [4.78, 5) is 1.56. The predicted octanol–water partition coefficient (Wildman–Crippen LogP) is 1.67. The van der Waals surface area contributed by atoms with Crippen molar-refractivity contribution < 1.29 is 10.0 Å². The number of rotatable bonds is 7. The van der Waals surface area contributed by atoms with Crippen LogP contribution in [0.15, 0.2) is 30.3 Å². The molecule has 2 N–H and O–H groups in total. The lowest BCUT2D eigenvalue weighted by molar-refractivity contribution is -0.900. The molecule has 0 saturated carbocycles. The Labute approximate surface area is 105 Å². The summed E-state index contributed by atoms with van der Waals surface area (Å²) in [5.41, 5.74) is 1.05. The summed E-state index contributed by atoms with van der Waals surface area (Å²) in [5, 5.41) is 10.4. The van der Waals surface area contributed by atoms with E-state index in [0.717, 1.165) is 31.6 Å². The van der Waals surface area contributed by atoms with Crippen LogP contribution < -0.4 is 4.90 Å². The summed E-state index contributed by atoms with van der Waals surface area (Å²) in [7, 11) is 0. The van der Waals surface area contributed by atoms with Crippen LogP contribution in [0.25, 0.3) is 0 Å². The third-order valence-corrected chi connectivity index (χ3v) is 3.66. The van der Waals surface area contributed by atoms with Crippen LogP contribution in [0.1, 0.15) is 38.9 Å². The van der Waals surface area contributed by atoms with E-state index < -0.39 is 0 Å². The molecule has 0 aromatic heterocycles. The molecule has 0 heterocycles. The van der Waals surface area contributed by atoms with Crippen molar-refractivity contribution in [2.45, 2.75) is 33.3 Å². The third kappa shape index (κ3) is 4.14. The molecule has 17 heavy (non-hydrogen) atoms. The average Bonchev–Trinajstić information content (AvgIpc) is 2.40. The molecule has 2 nitrogen and oxygen atoms in total. The van der Waals surface area contributed by atoms with E-state index >= 15 is 0 Å². The van der Waals surface area contributed by atoms with Gasteiger partial charge in [-0.05, 0) is 25.8 Å². The van der Waals surface area contributed by atoms with Gasteiger partial charge < -0.3 is 10.0 Å². The van der Waals surface area contributed by atoms with Gasteiger partial charge in [-0.1, -0.05) is 37.3 Å². The third-order valence-electron chi connectivity index (χ3n) is 3.66. The minimum atomic E-state index is -0.325. The summed E-state index contributed by atoms with van der Waals surface area (Å²) < 4.78 is 0. The van der Waals surface area contributed by atoms with E-state index in [1.54, 1.807) is 4.90 Å². The Balaban J connectivity index is 2.67. The molecule has 0 fully saturated rings. The van der Waals surface area contributed by atoms with Crippen molar-refractivity contribution in [2.75, 3.05) is 19.6 Å². The fourth-order valence-electron chi connectivity index (χ4n) is 2.31. The van der Waals surface area contributed by atoms with E-state index in [1.165, 1.54) is 0 Å². The molecule has 2 atom stereocenters. The maximum Gasteiger partial charge on any atom is 0.0871 e. The molecule has 0 radical (unpaired) electrons. The molecular formula is C15H26NO+. The number of quaternary nitrogens is 1. The number of aliphatic hydroxyl groups excluding tert-OH is 1. The van der Waals surface area contributed by atoms with Gasteiger partial charge in [-0.15, -0.1) is 0 Å². The normalized spacial score (nSPS) is 14.9. The van der Waals surface area contributed by atoms with Crippen LogP contribution >= 0.6 is 0 Å². The van der Waals surface area contributed by atoms with Crippen molar-refractivity contribution >= 4 is 0 Å². The Morgan fingerprint density at radius 3 is 2.12 bits per heavy atom. The highest BCUT2D eigenvalue weighted by Gasteiger charge is 2.22. The van der Waals surface area contributed by atoms with Crippen LogP contribution in [-0.2, 0) is 0 Å². The van der Waals surface area contributed by atoms with Gasteiger partial charge in [0, 0.05) is 5.92 Å². The topological polar surface area (TPSA) is 24.7 Å². The number of hydrogen-bond acceptors (Lipinski definition) is 1. The number of benzene rings is 1. The van der Waals surface area contributed by atoms with Gasteiger partial charge in [0.1, 0.15) is 0 Å². The van der Waals surface area contributed by atoms with Gasteiger partial charge in [-0.3, -0.25) is 0 Å². The van der Waals surface area contributed by atoms with Gasteiger partial charge in [-0.25, -0.2) is 0 Å². The van der Waals surface area contributed by atoms with Gasteiger partial charge in [0.2, 0.25) is 0 Å². The lowest BCUT2D eigenvalue weighted by Crippen LogP contribution is -3.12. The van der Waals surface area contributed by atoms with E-state index in [-0.39, 0.29) is 6.10 Å². The molecule has 0 spiro atoms. The van der Waals surface area contributed by atoms with E-state index in [4.69, 9.17) is 0 Å². The number of aliphatic hydroxyl groups is 1. The zero-order valence-corrected chi connectivity index (χ0v) is 11.3. The quantitative estimate of drug-likeness (QED) is 0.739. The van der Waals surface area contributed by atoms with Gasteiger partial charge in [0.05, 0.1) is 25.7 Å². The molecule has 1 aromatic carbocycles. The molecular weight excluding hydrogens is 210 g/mol. The molecule has 1 aromatic rings. The van der Waals surface area contributed by atoms with Gasteiger partial charge in [-0.2, -0.15) is 0 Å². The highest BCUT2D eigenvalue weighted by atomic mass is 16.3. The van der Waals surface area contributed by atoms with Crippen molar-refractivity contribution in [1.29, 1.82) is 0 Å². The van der Waals surface area contributed by atoms with E-state index in [1.807, 2.05) is 30.3 Å². The lowest BCUT2D eigenvalue weighted by Gasteiger charge is -2.26. The van der Waals surface area contributed by atoms with Crippen molar-refractivity contribution in [2.24, 2.45) is 5.92 Å². The van der Waals surface area contributed by atoms with Crippen LogP contribution in [0.4, 0.5) is 0 Å². The average molecular weight is 236 g/mol. The smallest absolute Gasteiger partial charge is 0.0871 e. The SMILES string of the molecule is CC[C@H](C[NH+](CC)CC)[C@@H](O)c1ccccc1. The lowest BCUT2D eigenvalue weighted by atomic mass is 9.93. The molecule has 0 aliphatic carbocycles. The summed E-state index contributed by atoms with van der Waals surface area (Å²) in [6.45, 7) is 9.91. The fraction of sp³-hybridized carbons (Fsp3) is 0.600. The molecule has 0 amide bonds. The maximum absolute atomic E-state index is 10.4. The van der Waals surface area contributed by atoms with Crippen LogP contribution in [0, 0.1) is 5.92 Å². The summed E-state index contributed by atoms with van der Waals surface area (Å²) in [6, 6.07) is 10.0. The fourth-order valence-corrected chi connectivity index (χ4v) is 2.31.